The molecule has 0 radical (unpaired) electrons. The fourth-order valence-corrected chi connectivity index (χ4v) is 3.83. The molecule has 8 heteroatoms. The Bertz CT molecular complexity index is 630. The molecule has 1 saturated heterocycles. The molecule has 20 heavy (non-hydrogen) atoms. The van der Waals surface area contributed by atoms with E-state index in [1.54, 1.807) is 6.92 Å². The van der Waals surface area contributed by atoms with Crippen LogP contribution < -0.4 is 11.5 Å². The minimum atomic E-state index is -3.71. The van der Waals surface area contributed by atoms with Crippen LogP contribution in [0.25, 0.3) is 0 Å². The molecule has 1 aliphatic rings. The van der Waals surface area contributed by atoms with Crippen LogP contribution in [0.3, 0.4) is 0 Å². The van der Waals surface area contributed by atoms with Crippen LogP contribution in [0, 0.1) is 0 Å². The highest BCUT2D eigenvalue weighted by Crippen LogP contribution is 2.26. The van der Waals surface area contributed by atoms with Gasteiger partial charge in [-0.1, -0.05) is 0 Å². The summed E-state index contributed by atoms with van der Waals surface area (Å²) in [7, 11) is -3.71. The van der Waals surface area contributed by atoms with Crippen molar-refractivity contribution >= 4 is 21.6 Å². The van der Waals surface area contributed by atoms with Gasteiger partial charge in [0.2, 0.25) is 15.9 Å². The van der Waals surface area contributed by atoms with Gasteiger partial charge in [-0.15, -0.1) is 0 Å². The first-order valence-corrected chi connectivity index (χ1v) is 7.57. The maximum Gasteiger partial charge on any atom is 0.248 e. The number of amides is 1. The Morgan fingerprint density at radius 1 is 1.45 bits per heavy atom. The van der Waals surface area contributed by atoms with Crippen molar-refractivity contribution in [1.29, 1.82) is 0 Å². The van der Waals surface area contributed by atoms with Gasteiger partial charge in [0.05, 0.1) is 18.9 Å². The molecule has 1 amide bonds. The molecule has 4 N–H and O–H groups in total. The number of morpholine rings is 1. The number of carbonyl (C=O) groups excluding carboxylic acids is 1. The highest BCUT2D eigenvalue weighted by Gasteiger charge is 2.32. The first kappa shape index (κ1) is 14.8. The van der Waals surface area contributed by atoms with Crippen molar-refractivity contribution in [2.75, 3.05) is 25.5 Å². The van der Waals surface area contributed by atoms with E-state index < -0.39 is 15.9 Å². The van der Waals surface area contributed by atoms with Crippen molar-refractivity contribution < 1.29 is 17.9 Å². The summed E-state index contributed by atoms with van der Waals surface area (Å²) in [6.07, 6.45) is 0. The highest BCUT2D eigenvalue weighted by molar-refractivity contribution is 7.89. The summed E-state index contributed by atoms with van der Waals surface area (Å²) in [6, 6.07) is 3.69. The summed E-state index contributed by atoms with van der Waals surface area (Å²) in [5.74, 6) is -0.652. The van der Waals surface area contributed by atoms with Crippen molar-refractivity contribution in [2.24, 2.45) is 5.73 Å². The third-order valence-electron chi connectivity index (χ3n) is 3.19. The van der Waals surface area contributed by atoms with Gasteiger partial charge in [-0.3, -0.25) is 4.79 Å². The first-order valence-electron chi connectivity index (χ1n) is 6.13. The van der Waals surface area contributed by atoms with Gasteiger partial charge in [0.1, 0.15) is 4.90 Å². The monoisotopic (exact) mass is 299 g/mol. The van der Waals surface area contributed by atoms with Gasteiger partial charge in [0.25, 0.3) is 0 Å². The second-order valence-electron chi connectivity index (χ2n) is 4.66. The standard InChI is InChI=1S/C12H17N3O4S/c1-8-7-19-5-4-15(8)20(17,18)11-3-2-9(12(14)16)6-10(11)13/h2-3,6,8H,4-5,7,13H2,1H3,(H2,14,16)/t8-/m1/s1. The molecular formula is C12H17N3O4S. The third-order valence-corrected chi connectivity index (χ3v) is 5.28. The Balaban J connectivity index is 2.41. The Morgan fingerprint density at radius 3 is 2.70 bits per heavy atom. The lowest BCUT2D eigenvalue weighted by Crippen LogP contribution is -2.47. The molecule has 1 fully saturated rings. The molecule has 1 atom stereocenters. The van der Waals surface area contributed by atoms with Crippen LogP contribution in [0.15, 0.2) is 23.1 Å². The van der Waals surface area contributed by atoms with Crippen molar-refractivity contribution in [3.63, 3.8) is 0 Å². The van der Waals surface area contributed by atoms with Gasteiger partial charge in [0.15, 0.2) is 0 Å². The van der Waals surface area contributed by atoms with E-state index in [0.717, 1.165) is 0 Å². The van der Waals surface area contributed by atoms with Gasteiger partial charge in [0, 0.05) is 18.2 Å². The molecule has 1 aliphatic heterocycles. The summed E-state index contributed by atoms with van der Waals surface area (Å²) < 4.78 is 31.7. The molecule has 0 spiro atoms. The molecule has 0 saturated carbocycles. The number of benzene rings is 1. The lowest BCUT2D eigenvalue weighted by Gasteiger charge is -2.32. The number of ether oxygens (including phenoxy) is 1. The Kier molecular flexibility index (Phi) is 3.98. The van der Waals surface area contributed by atoms with Crippen LogP contribution >= 0.6 is 0 Å². The quantitative estimate of drug-likeness (QED) is 0.748. The average molecular weight is 299 g/mol. The number of nitrogen functional groups attached to an aromatic ring is 1. The maximum absolute atomic E-state index is 12.6. The number of sulfonamides is 1. The van der Waals surface area contributed by atoms with E-state index >= 15 is 0 Å². The van der Waals surface area contributed by atoms with Crippen molar-refractivity contribution in [3.05, 3.63) is 23.8 Å². The van der Waals surface area contributed by atoms with Crippen LogP contribution in [0.5, 0.6) is 0 Å². The zero-order chi connectivity index (χ0) is 14.9. The summed E-state index contributed by atoms with van der Waals surface area (Å²) >= 11 is 0. The van der Waals surface area contributed by atoms with E-state index in [9.17, 15) is 13.2 Å². The molecule has 1 aromatic rings. The Hall–Kier alpha value is -1.64. The van der Waals surface area contributed by atoms with E-state index in [-0.39, 0.29) is 28.7 Å². The molecule has 1 heterocycles. The van der Waals surface area contributed by atoms with Gasteiger partial charge >= 0.3 is 0 Å². The molecule has 0 unspecified atom stereocenters. The number of rotatable bonds is 3. The number of carbonyl (C=O) groups is 1. The smallest absolute Gasteiger partial charge is 0.248 e. The van der Waals surface area contributed by atoms with Gasteiger partial charge in [-0.2, -0.15) is 4.31 Å². The Labute approximate surface area is 117 Å². The minimum absolute atomic E-state index is 0.0139. The van der Waals surface area contributed by atoms with Crippen LogP contribution in [-0.4, -0.2) is 44.4 Å². The summed E-state index contributed by atoms with van der Waals surface area (Å²) in [6.45, 7) is 2.74. The first-order chi connectivity index (χ1) is 9.34. The number of hydrogen-bond donors (Lipinski definition) is 2. The summed E-state index contributed by atoms with van der Waals surface area (Å²) in [4.78, 5) is 11.0. The zero-order valence-electron chi connectivity index (χ0n) is 11.1. The van der Waals surface area contributed by atoms with E-state index in [2.05, 4.69) is 0 Å². The molecule has 0 bridgehead atoms. The van der Waals surface area contributed by atoms with Crippen LogP contribution in [0.2, 0.25) is 0 Å². The third kappa shape index (κ3) is 2.62. The predicted octanol–water partition coefficient (Wildman–Crippen LogP) is -0.223. The van der Waals surface area contributed by atoms with Crippen LogP contribution in [-0.2, 0) is 14.8 Å². The van der Waals surface area contributed by atoms with E-state index in [4.69, 9.17) is 16.2 Å². The van der Waals surface area contributed by atoms with Crippen LogP contribution in [0.4, 0.5) is 5.69 Å². The van der Waals surface area contributed by atoms with Gasteiger partial charge in [-0.05, 0) is 25.1 Å². The van der Waals surface area contributed by atoms with Gasteiger partial charge < -0.3 is 16.2 Å². The zero-order valence-corrected chi connectivity index (χ0v) is 11.9. The SMILES string of the molecule is C[C@@H]1COCCN1S(=O)(=O)c1ccc(C(N)=O)cc1N. The molecule has 1 aromatic carbocycles. The number of anilines is 1. The molecule has 0 aliphatic carbocycles. The summed E-state index contributed by atoms with van der Waals surface area (Å²) in [5, 5.41) is 0. The lowest BCUT2D eigenvalue weighted by molar-refractivity contribution is 0.0393. The van der Waals surface area contributed by atoms with Crippen molar-refractivity contribution in [2.45, 2.75) is 17.9 Å². The molecule has 110 valence electrons. The summed E-state index contributed by atoms with van der Waals surface area (Å²) in [5.41, 5.74) is 11.1. The maximum atomic E-state index is 12.6. The van der Waals surface area contributed by atoms with Gasteiger partial charge in [-0.25, -0.2) is 8.42 Å². The van der Waals surface area contributed by atoms with E-state index in [1.165, 1.54) is 22.5 Å². The second kappa shape index (κ2) is 5.39. The second-order valence-corrected chi connectivity index (χ2v) is 6.52. The molecule has 2 rings (SSSR count). The topological polar surface area (TPSA) is 116 Å². The largest absolute Gasteiger partial charge is 0.398 e. The van der Waals surface area contributed by atoms with E-state index in [1.807, 2.05) is 0 Å². The predicted molar refractivity (Wildman–Crippen MR) is 73.5 cm³/mol. The lowest BCUT2D eigenvalue weighted by atomic mass is 10.2. The van der Waals surface area contributed by atoms with Crippen molar-refractivity contribution in [1.82, 2.24) is 4.31 Å². The fraction of sp³-hybridized carbons (Fsp3) is 0.417. The molecule has 0 aromatic heterocycles. The minimum Gasteiger partial charge on any atom is -0.398 e. The van der Waals surface area contributed by atoms with Crippen molar-refractivity contribution in [3.8, 4) is 0 Å². The van der Waals surface area contributed by atoms with E-state index in [0.29, 0.717) is 13.2 Å². The highest BCUT2D eigenvalue weighted by atomic mass is 32.2. The number of nitrogens with zero attached hydrogens (tertiary/aromatic N) is 1. The fourth-order valence-electron chi connectivity index (χ4n) is 2.13. The number of nitrogens with two attached hydrogens (primary N) is 2. The Morgan fingerprint density at radius 2 is 2.15 bits per heavy atom. The van der Waals surface area contributed by atoms with Crippen LogP contribution in [0.1, 0.15) is 17.3 Å². The molecule has 7 nitrogen and oxygen atoms in total. The number of hydrogen-bond acceptors (Lipinski definition) is 5. The molecular weight excluding hydrogens is 282 g/mol. The normalized spacial score (nSPS) is 20.8. The number of primary amides is 1. The average Bonchev–Trinajstić information content (AvgIpc) is 2.38.